The third-order valence-corrected chi connectivity index (χ3v) is 3.50. The molecule has 1 nitrogen and oxygen atoms in total. The lowest BCUT2D eigenvalue weighted by Crippen LogP contribution is -1.98. The Labute approximate surface area is 91.6 Å². The first-order valence-electron chi connectivity index (χ1n) is 2.51. The molecule has 84 valence electrons. The topological polar surface area (TPSA) is 12.4 Å². The zero-order chi connectivity index (χ0) is 11.4. The highest BCUT2D eigenvalue weighted by Crippen LogP contribution is 2.42. The number of alkyl halides is 6. The fraction of sp³-hybridized carbons (Fsp3) is 0.667. The molecule has 0 fully saturated rings. The molecule has 0 unspecified atom stereocenters. The Hall–Kier alpha value is 0.590. The summed E-state index contributed by atoms with van der Waals surface area (Å²) in [6.07, 6.45) is 0. The molecule has 0 saturated carbocycles. The maximum absolute atomic E-state index is 11.5. The Kier molecular flexibility index (Phi) is 5.85. The maximum atomic E-state index is 11.5. The van der Waals surface area contributed by atoms with Crippen molar-refractivity contribution in [2.24, 2.45) is 4.40 Å². The Bertz CT molecular complexity index is 211. The van der Waals surface area contributed by atoms with Crippen molar-refractivity contribution in [3.8, 4) is 0 Å². The predicted molar refractivity (Wildman–Crippen MR) is 48.2 cm³/mol. The van der Waals surface area contributed by atoms with Gasteiger partial charge in [0, 0.05) is 10.8 Å². The van der Waals surface area contributed by atoms with Crippen molar-refractivity contribution >= 4 is 49.6 Å². The number of hydrogen-bond acceptors (Lipinski definition) is 4. The van der Waals surface area contributed by atoms with E-state index in [0.29, 0.717) is 0 Å². The zero-order valence-corrected chi connectivity index (χ0v) is 9.02. The van der Waals surface area contributed by atoms with E-state index in [0.717, 1.165) is 0 Å². The van der Waals surface area contributed by atoms with Crippen molar-refractivity contribution in [2.75, 3.05) is 0 Å². The van der Waals surface area contributed by atoms with E-state index in [1.165, 1.54) is 0 Å². The molecule has 11 heteroatoms. The van der Waals surface area contributed by atoms with Gasteiger partial charge in [-0.15, -0.1) is 0 Å². The van der Waals surface area contributed by atoms with Gasteiger partial charge in [0.25, 0.3) is 0 Å². The largest absolute Gasteiger partial charge is 0.463 e. The maximum Gasteiger partial charge on any atom is 0.463 e. The van der Waals surface area contributed by atoms with E-state index < -0.39 is 38.3 Å². The van der Waals surface area contributed by atoms with Gasteiger partial charge < -0.3 is 0 Å². The van der Waals surface area contributed by atoms with Gasteiger partial charge in [-0.1, -0.05) is 11.6 Å². The van der Waals surface area contributed by atoms with E-state index in [1.54, 1.807) is 0 Å². The molecule has 0 spiro atoms. The van der Waals surface area contributed by atoms with Crippen LogP contribution in [0.15, 0.2) is 4.40 Å². The molecule has 0 atom stereocenters. The van der Waals surface area contributed by atoms with Crippen LogP contribution in [0.25, 0.3) is 0 Å². The molecule has 0 N–H and O–H groups in total. The Morgan fingerprint density at radius 1 is 1.00 bits per heavy atom. The monoisotopic (exact) mass is 295 g/mol. The summed E-state index contributed by atoms with van der Waals surface area (Å²) >= 11 is 4.11. The summed E-state index contributed by atoms with van der Waals surface area (Å²) in [4.78, 5) is 0. The summed E-state index contributed by atoms with van der Waals surface area (Å²) in [5.41, 5.74) is -9.22. The first-order chi connectivity index (χ1) is 6.10. The molecule has 0 radical (unpaired) electrons. The molecule has 0 aromatic carbocycles. The summed E-state index contributed by atoms with van der Waals surface area (Å²) in [7, 11) is -0.724. The van der Waals surface area contributed by atoms with Crippen LogP contribution in [0, 0.1) is 0 Å². The van der Waals surface area contributed by atoms with Gasteiger partial charge in [-0.3, -0.25) is 0 Å². The van der Waals surface area contributed by atoms with E-state index >= 15 is 0 Å². The van der Waals surface area contributed by atoms with Gasteiger partial charge in [0.15, 0.2) is 4.50 Å². The lowest BCUT2D eigenvalue weighted by Gasteiger charge is -2.03. The Morgan fingerprint density at radius 3 is 1.86 bits per heavy atom. The van der Waals surface area contributed by atoms with Crippen molar-refractivity contribution < 1.29 is 26.3 Å². The van der Waals surface area contributed by atoms with Gasteiger partial charge in [0.2, 0.25) is 0 Å². The number of hydrogen-bond donors (Lipinski definition) is 0. The highest BCUT2D eigenvalue weighted by atomic mass is 35.5. The van der Waals surface area contributed by atoms with Crippen molar-refractivity contribution in [3.05, 3.63) is 0 Å². The fourth-order valence-electron chi connectivity index (χ4n) is 0.184. The normalized spacial score (nSPS) is 14.6. The van der Waals surface area contributed by atoms with E-state index in [2.05, 4.69) is 4.40 Å². The standard InChI is InChI=1S/C3ClF6NS3/c4-1(11-13-2(5,6)7)12-14-3(8,9)10/b11-1-. The van der Waals surface area contributed by atoms with Gasteiger partial charge in [-0.2, -0.15) is 30.7 Å². The molecule has 14 heavy (non-hydrogen) atoms. The van der Waals surface area contributed by atoms with E-state index in [4.69, 9.17) is 11.6 Å². The van der Waals surface area contributed by atoms with Gasteiger partial charge in [0.05, 0.1) is 11.9 Å². The average Bonchev–Trinajstić information content (AvgIpc) is 1.94. The minimum absolute atomic E-state index is 0.0897. The molecule has 0 saturated heterocycles. The number of nitrogens with zero attached hydrogens (tertiary/aromatic N) is 1. The third kappa shape index (κ3) is 10.7. The second kappa shape index (κ2) is 5.61. The van der Waals surface area contributed by atoms with E-state index in [1.807, 2.05) is 0 Å². The molecule has 0 rings (SSSR count). The van der Waals surface area contributed by atoms with Crippen LogP contribution in [-0.2, 0) is 0 Å². The smallest absolute Gasteiger partial charge is 0.187 e. The van der Waals surface area contributed by atoms with Crippen LogP contribution >= 0.6 is 45.1 Å². The first-order valence-corrected chi connectivity index (χ1v) is 5.81. The zero-order valence-electron chi connectivity index (χ0n) is 5.82. The van der Waals surface area contributed by atoms with Crippen molar-refractivity contribution in [3.63, 3.8) is 0 Å². The van der Waals surface area contributed by atoms with Crippen LogP contribution in [0.4, 0.5) is 26.3 Å². The van der Waals surface area contributed by atoms with Crippen LogP contribution < -0.4 is 0 Å². The van der Waals surface area contributed by atoms with E-state index in [-0.39, 0.29) is 10.8 Å². The molecule has 0 aliphatic carbocycles. The predicted octanol–water partition coefficient (Wildman–Crippen LogP) is 4.65. The van der Waals surface area contributed by atoms with Crippen molar-refractivity contribution in [1.29, 1.82) is 0 Å². The summed E-state index contributed by atoms with van der Waals surface area (Å²) < 4.78 is 70.6. The highest BCUT2D eigenvalue weighted by molar-refractivity contribution is 8.83. The van der Waals surface area contributed by atoms with Crippen LogP contribution in [0.3, 0.4) is 0 Å². The minimum Gasteiger partial charge on any atom is -0.187 e. The molecule has 0 aliphatic rings. The molecule has 0 bridgehead atoms. The van der Waals surface area contributed by atoms with Gasteiger partial charge in [0.1, 0.15) is 0 Å². The number of halogens is 7. The summed E-state index contributed by atoms with van der Waals surface area (Å²) in [6.45, 7) is 0. The quantitative estimate of drug-likeness (QED) is 0.242. The SMILES string of the molecule is FC(F)(F)S/N=C(/Cl)SSC(F)(F)F. The second-order valence-electron chi connectivity index (χ2n) is 1.49. The first kappa shape index (κ1) is 14.6. The molecule has 0 aliphatic heterocycles. The Morgan fingerprint density at radius 2 is 1.50 bits per heavy atom. The second-order valence-corrected chi connectivity index (χ2v) is 5.09. The lowest BCUT2D eigenvalue weighted by molar-refractivity contribution is -0.0331. The fourth-order valence-corrected chi connectivity index (χ4v) is 1.91. The molecular weight excluding hydrogens is 296 g/mol. The van der Waals surface area contributed by atoms with Crippen LogP contribution in [0.2, 0.25) is 0 Å². The lowest BCUT2D eigenvalue weighted by atomic mass is 11.6. The summed E-state index contributed by atoms with van der Waals surface area (Å²) in [6, 6.07) is 0. The van der Waals surface area contributed by atoms with Gasteiger partial charge >= 0.3 is 11.0 Å². The summed E-state index contributed by atoms with van der Waals surface area (Å²) in [5, 5.41) is 0. The third-order valence-electron chi connectivity index (χ3n) is 0.426. The number of rotatable bonds is 2. The van der Waals surface area contributed by atoms with Crippen LogP contribution in [0.1, 0.15) is 0 Å². The van der Waals surface area contributed by atoms with Gasteiger partial charge in [-0.25, -0.2) is 0 Å². The molecule has 0 heterocycles. The van der Waals surface area contributed by atoms with Crippen molar-refractivity contribution in [2.45, 2.75) is 11.0 Å². The van der Waals surface area contributed by atoms with Crippen LogP contribution in [-0.4, -0.2) is 15.5 Å². The van der Waals surface area contributed by atoms with Gasteiger partial charge in [-0.05, 0) is 10.8 Å². The van der Waals surface area contributed by atoms with Crippen LogP contribution in [0.5, 0.6) is 0 Å². The average molecular weight is 296 g/mol. The molecule has 0 aromatic rings. The molecular formula is C3ClF6NS3. The van der Waals surface area contributed by atoms with Crippen molar-refractivity contribution in [1.82, 2.24) is 0 Å². The Balaban J connectivity index is 3.91. The van der Waals surface area contributed by atoms with E-state index in [9.17, 15) is 26.3 Å². The highest BCUT2D eigenvalue weighted by Gasteiger charge is 2.31. The minimum atomic E-state index is -4.65. The molecule has 0 aromatic heterocycles. The molecule has 0 amide bonds. The summed E-state index contributed by atoms with van der Waals surface area (Å²) in [5.74, 6) is 0.